The van der Waals surface area contributed by atoms with Gasteiger partial charge in [-0.05, 0) is 42.1 Å². The number of rotatable bonds is 6. The van der Waals surface area contributed by atoms with Crippen LogP contribution in [0.25, 0.3) is 10.8 Å². The van der Waals surface area contributed by atoms with Crippen LogP contribution in [0.1, 0.15) is 15.9 Å². The van der Waals surface area contributed by atoms with E-state index in [-0.39, 0.29) is 67.8 Å². The Hall–Kier alpha value is -2.70. The van der Waals surface area contributed by atoms with Gasteiger partial charge < -0.3 is 15.2 Å². The number of methoxy groups -OCH3 is 1. The van der Waals surface area contributed by atoms with Crippen LogP contribution >= 0.6 is 23.2 Å². The smallest absolute Gasteiger partial charge is 0.870 e. The number of benzene rings is 4. The van der Waals surface area contributed by atoms with Crippen LogP contribution in [0.5, 0.6) is 11.5 Å². The Morgan fingerprint density at radius 3 is 2.37 bits per heavy atom. The largest absolute Gasteiger partial charge is 1.00 e. The zero-order chi connectivity index (χ0) is 26.9. The standard InChI is InChI=1S/C25H19Cl2N3O6S.Na/c1-13-10-11-18(27)22(24(13)37(33,34)35)30-29-20-15-7-4-3-6-14(15)12-16(23(20)31)25(32)28-21-17(26)8-5-9-19(21)36-2;/h3-12,31H,1-2H3,(H,28,32)(H,33,34,35);/q;+1/p-1. The van der Waals surface area contributed by atoms with Gasteiger partial charge in [-0.15, -0.1) is 5.11 Å². The summed E-state index contributed by atoms with van der Waals surface area (Å²) in [5.41, 5.74) is -0.483. The predicted octanol–water partition coefficient (Wildman–Crippen LogP) is 3.46. The van der Waals surface area contributed by atoms with Gasteiger partial charge in [0.1, 0.15) is 22.0 Å². The number of halogens is 2. The van der Waals surface area contributed by atoms with Crippen molar-refractivity contribution in [1.29, 1.82) is 0 Å². The Morgan fingerprint density at radius 2 is 1.68 bits per heavy atom. The van der Waals surface area contributed by atoms with Crippen LogP contribution in [0.2, 0.25) is 10.0 Å². The maximum absolute atomic E-state index is 13.4. The Bertz CT molecular complexity index is 1700. The molecule has 0 radical (unpaired) electrons. The van der Waals surface area contributed by atoms with Crippen LogP contribution in [0.4, 0.5) is 17.1 Å². The fraction of sp³-hybridized carbons (Fsp3) is 0.0800. The van der Waals surface area contributed by atoms with Crippen LogP contribution in [0, 0.1) is 6.92 Å². The number of azo groups is 1. The van der Waals surface area contributed by atoms with E-state index in [9.17, 15) is 22.9 Å². The summed E-state index contributed by atoms with van der Waals surface area (Å²) in [7, 11) is -3.31. The summed E-state index contributed by atoms with van der Waals surface area (Å²) in [5, 5.41) is 24.9. The van der Waals surface area contributed by atoms with Gasteiger partial charge in [-0.3, -0.25) is 9.35 Å². The molecule has 0 aliphatic rings. The van der Waals surface area contributed by atoms with Gasteiger partial charge in [0.25, 0.3) is 16.0 Å². The van der Waals surface area contributed by atoms with Crippen molar-refractivity contribution in [3.8, 4) is 11.5 Å². The molecule has 0 saturated heterocycles. The van der Waals surface area contributed by atoms with Crippen LogP contribution < -0.4 is 44.7 Å². The topological polar surface area (TPSA) is 140 Å². The van der Waals surface area contributed by atoms with E-state index >= 15 is 0 Å². The quantitative estimate of drug-likeness (QED) is 0.203. The molecule has 0 fully saturated rings. The van der Waals surface area contributed by atoms with E-state index in [0.29, 0.717) is 16.5 Å². The molecule has 4 aromatic carbocycles. The molecule has 0 atom stereocenters. The molecule has 0 bridgehead atoms. The number of para-hydroxylation sites is 1. The van der Waals surface area contributed by atoms with Gasteiger partial charge in [-0.25, -0.2) is 0 Å². The van der Waals surface area contributed by atoms with E-state index in [2.05, 4.69) is 15.5 Å². The minimum absolute atomic E-state index is 0. The van der Waals surface area contributed by atoms with E-state index in [1.54, 1.807) is 42.5 Å². The second-order valence-electron chi connectivity index (χ2n) is 7.81. The molecule has 4 aromatic rings. The number of hydrogen-bond acceptors (Lipinski definition) is 7. The Labute approximate surface area is 250 Å². The molecule has 1 amide bonds. The van der Waals surface area contributed by atoms with Crippen LogP contribution in [-0.4, -0.2) is 26.0 Å². The van der Waals surface area contributed by atoms with Crippen LogP contribution in [0.3, 0.4) is 0 Å². The Morgan fingerprint density at radius 1 is 1.00 bits per heavy atom. The molecule has 2 N–H and O–H groups in total. The van der Waals surface area contributed by atoms with E-state index < -0.39 is 26.7 Å². The van der Waals surface area contributed by atoms with Crippen molar-refractivity contribution in [3.63, 3.8) is 0 Å². The molecule has 0 spiro atoms. The molecule has 4 rings (SSSR count). The number of aryl methyl sites for hydroxylation is 1. The fourth-order valence-electron chi connectivity index (χ4n) is 3.72. The average molecular weight is 582 g/mol. The first kappa shape index (κ1) is 29.9. The number of anilines is 1. The summed E-state index contributed by atoms with van der Waals surface area (Å²) in [6, 6.07) is 15.6. The van der Waals surface area contributed by atoms with Gasteiger partial charge in [0.05, 0.1) is 22.8 Å². The predicted molar refractivity (Wildman–Crippen MR) is 140 cm³/mol. The summed E-state index contributed by atoms with van der Waals surface area (Å²) >= 11 is 12.4. The monoisotopic (exact) mass is 581 g/mol. The third kappa shape index (κ3) is 5.97. The maximum Gasteiger partial charge on any atom is 1.00 e. The molecule has 0 unspecified atom stereocenters. The number of nitrogens with zero attached hydrogens (tertiary/aromatic N) is 2. The molecule has 13 heteroatoms. The van der Waals surface area contributed by atoms with Crippen molar-refractivity contribution in [2.45, 2.75) is 11.8 Å². The van der Waals surface area contributed by atoms with E-state index in [0.717, 1.165) is 0 Å². The van der Waals surface area contributed by atoms with Gasteiger partial charge in [-0.2, -0.15) is 13.5 Å². The summed E-state index contributed by atoms with van der Waals surface area (Å²) < 4.78 is 38.9. The molecule has 9 nitrogen and oxygen atoms in total. The molecule has 0 aromatic heterocycles. The van der Waals surface area contributed by atoms with E-state index in [1.807, 2.05) is 0 Å². The minimum Gasteiger partial charge on any atom is -0.870 e. The summed E-state index contributed by atoms with van der Waals surface area (Å²) in [6.07, 6.45) is 0. The van der Waals surface area contributed by atoms with E-state index in [4.69, 9.17) is 27.9 Å². The second kappa shape index (κ2) is 12.0. The maximum atomic E-state index is 13.4. The normalized spacial score (nSPS) is 11.4. The zero-order valence-corrected chi connectivity index (χ0v) is 24.6. The Kier molecular flexibility index (Phi) is 9.43. The molecule has 0 heterocycles. The van der Waals surface area contributed by atoms with Crippen LogP contribution in [-0.2, 0) is 10.1 Å². The van der Waals surface area contributed by atoms with E-state index in [1.165, 1.54) is 32.2 Å². The second-order valence-corrected chi connectivity index (χ2v) is 9.98. The number of amides is 1. The van der Waals surface area contributed by atoms with Gasteiger partial charge in [-0.1, -0.05) is 65.3 Å². The van der Waals surface area contributed by atoms with Crippen molar-refractivity contribution < 1.29 is 57.2 Å². The first-order valence-corrected chi connectivity index (χ1v) is 12.8. The molecule has 190 valence electrons. The van der Waals surface area contributed by atoms with Gasteiger partial charge in [0.2, 0.25) is 0 Å². The van der Waals surface area contributed by atoms with Crippen molar-refractivity contribution >= 4 is 67.1 Å². The van der Waals surface area contributed by atoms with Crippen molar-refractivity contribution in [2.24, 2.45) is 10.2 Å². The first-order valence-electron chi connectivity index (χ1n) is 10.6. The first-order chi connectivity index (χ1) is 17.5. The number of carbonyl (C=O) groups is 1. The van der Waals surface area contributed by atoms with Crippen molar-refractivity contribution in [2.75, 3.05) is 12.4 Å². The molecule has 38 heavy (non-hydrogen) atoms. The number of carbonyl (C=O) groups excluding carboxylic acids is 1. The average Bonchev–Trinajstić information content (AvgIpc) is 2.85. The molecule has 0 saturated carbocycles. The van der Waals surface area contributed by atoms with Gasteiger partial charge in [0, 0.05) is 10.9 Å². The summed E-state index contributed by atoms with van der Waals surface area (Å²) in [4.78, 5) is 12.6. The number of hydrogen-bond donors (Lipinski definition) is 2. The molecule has 0 aliphatic carbocycles. The third-order valence-corrected chi connectivity index (χ3v) is 7.09. The zero-order valence-electron chi connectivity index (χ0n) is 20.3. The SMILES string of the molecule is COc1cccc(Cl)c1NC(=O)c1cc2ccccc2c(N=Nc2c(Cl)ccc(C)c2S(=O)(=O)O)c1[O-].[Na+]. The van der Waals surface area contributed by atoms with Crippen molar-refractivity contribution in [1.82, 2.24) is 0 Å². The van der Waals surface area contributed by atoms with Crippen molar-refractivity contribution in [3.05, 3.63) is 81.8 Å². The molecular weight excluding hydrogens is 564 g/mol. The number of fused-ring (bicyclic) bond motifs is 1. The third-order valence-electron chi connectivity index (χ3n) is 5.44. The Balaban J connectivity index is 0.00000400. The van der Waals surface area contributed by atoms with Gasteiger partial charge >= 0.3 is 29.6 Å². The van der Waals surface area contributed by atoms with Crippen LogP contribution in [0.15, 0.2) is 75.8 Å². The summed E-state index contributed by atoms with van der Waals surface area (Å²) in [6.45, 7) is 1.45. The number of nitrogens with one attached hydrogen (secondary N) is 1. The molecule has 0 aliphatic heterocycles. The molecular formula is C25H18Cl2N3NaO6S. The number of ether oxygens (including phenoxy) is 1. The fourth-order valence-corrected chi connectivity index (χ4v) is 5.06. The summed E-state index contributed by atoms with van der Waals surface area (Å²) in [5.74, 6) is -1.25. The minimum atomic E-state index is -4.72. The van der Waals surface area contributed by atoms with Gasteiger partial charge in [0.15, 0.2) is 0 Å².